The monoisotopic (exact) mass is 885 g/mol. The summed E-state index contributed by atoms with van der Waals surface area (Å²) in [6.07, 6.45) is 38.8. The van der Waals surface area contributed by atoms with E-state index in [1.807, 2.05) is 40.5 Å². The summed E-state index contributed by atoms with van der Waals surface area (Å²) in [6.45, 7) is 15.7. The Morgan fingerprint density at radius 3 is 1.59 bits per heavy atom. The molecular formula is C56H68N8O2. The average molecular weight is 885 g/mol. The van der Waals surface area contributed by atoms with Gasteiger partial charge in [0.1, 0.15) is 0 Å². The number of ether oxygens (including phenoxy) is 2. The Morgan fingerprint density at radius 2 is 1.12 bits per heavy atom. The molecule has 10 heteroatoms. The molecule has 0 bridgehead atoms. The summed E-state index contributed by atoms with van der Waals surface area (Å²) in [5.41, 5.74) is 11.8. The van der Waals surface area contributed by atoms with Crippen LogP contribution in [0.4, 0.5) is 0 Å². The van der Waals surface area contributed by atoms with Gasteiger partial charge in [-0.25, -0.2) is 4.68 Å². The molecule has 0 N–H and O–H groups in total. The van der Waals surface area contributed by atoms with E-state index < -0.39 is 0 Å². The Morgan fingerprint density at radius 1 is 0.606 bits per heavy atom. The van der Waals surface area contributed by atoms with Crippen LogP contribution in [-0.4, -0.2) is 53.2 Å². The van der Waals surface area contributed by atoms with E-state index in [1.165, 1.54) is 70.5 Å². The zero-order valence-electron chi connectivity index (χ0n) is 40.0. The standard InChI is InChI=1S/2C28H34N4O/c1-4-33-20-9-11-28(3)24-10-12-27(2)22(19-6-5-13-29-18-19)7-8-23(27)21(24)17-26(25(28)16-20)32-15-14-30-31-32;1-4-33-20-9-11-28(3)24-10-12-27(2)22(19-6-5-13-29-18-19)7-8-23(27)21(24)17-26(25(28)16-20)32-30-14-15-31-32/h2*5-7,13-16,18,21,23-24H,4,8-12,17H2,1-3H3/t2*21-,23-,24-,27+,28+/m00/s1. The fourth-order valence-electron chi connectivity index (χ4n) is 15.6. The van der Waals surface area contributed by atoms with E-state index >= 15 is 0 Å². The van der Waals surface area contributed by atoms with Crippen LogP contribution in [0, 0.1) is 57.2 Å². The summed E-state index contributed by atoms with van der Waals surface area (Å²) in [4.78, 5) is 10.7. The topological polar surface area (TPSA) is 106 Å². The molecule has 0 radical (unpaired) electrons. The highest BCUT2D eigenvalue weighted by Gasteiger charge is 2.60. The second-order valence-electron chi connectivity index (χ2n) is 21.6. The molecular weight excluding hydrogens is 817 g/mol. The Labute approximate surface area is 391 Å². The van der Waals surface area contributed by atoms with Gasteiger partial charge in [0.15, 0.2) is 0 Å². The fourth-order valence-corrected chi connectivity index (χ4v) is 15.6. The lowest BCUT2D eigenvalue weighted by atomic mass is 9.47. The molecule has 2 saturated carbocycles. The SMILES string of the molecule is CCOC1=CC2=C(n3ccnn3)C[C@@H]3[C@H](CC[C@]4(C)C(c5cccnc5)=CC[C@@H]34)[C@@]2(C)CC1.CCOC1=CC2=C(n3nccn3)C[C@@H]3[C@H](CC[C@]4(C)C(c5cccnc5)=CC[C@@H]34)[C@@]2(C)CC1. The first kappa shape index (κ1) is 43.2. The minimum absolute atomic E-state index is 0.144. The smallest absolute Gasteiger partial charge is 0.0963 e. The van der Waals surface area contributed by atoms with Crippen molar-refractivity contribution >= 4 is 22.5 Å². The van der Waals surface area contributed by atoms with Crippen molar-refractivity contribution < 1.29 is 9.47 Å². The quantitative estimate of drug-likeness (QED) is 0.172. The Bertz CT molecular complexity index is 2450. The van der Waals surface area contributed by atoms with Crippen molar-refractivity contribution in [2.75, 3.05) is 13.2 Å². The van der Waals surface area contributed by atoms with Gasteiger partial charge in [0.05, 0.1) is 55.2 Å². The van der Waals surface area contributed by atoms with E-state index in [9.17, 15) is 0 Å². The normalized spacial score (nSPS) is 35.3. The van der Waals surface area contributed by atoms with Gasteiger partial charge >= 0.3 is 0 Å². The summed E-state index contributed by atoms with van der Waals surface area (Å²) in [5, 5.41) is 17.8. The molecule has 0 unspecified atom stereocenters. The highest BCUT2D eigenvalue weighted by atomic mass is 16.5. The largest absolute Gasteiger partial charge is 0.498 e. The van der Waals surface area contributed by atoms with Crippen molar-refractivity contribution in [2.24, 2.45) is 57.2 Å². The fraction of sp³-hybridized carbons (Fsp3) is 0.536. The van der Waals surface area contributed by atoms with E-state index in [1.54, 1.807) is 18.6 Å². The maximum absolute atomic E-state index is 5.99. The number of nitrogens with zero attached hydrogens (tertiary/aromatic N) is 8. The number of allylic oxidation sites excluding steroid dienone is 12. The molecule has 0 aromatic carbocycles. The first-order valence-corrected chi connectivity index (χ1v) is 25.2. The Kier molecular flexibility index (Phi) is 11.0. The number of hydrogen-bond acceptors (Lipinski definition) is 8. The summed E-state index contributed by atoms with van der Waals surface area (Å²) in [6, 6.07) is 8.61. The zero-order valence-corrected chi connectivity index (χ0v) is 40.0. The van der Waals surface area contributed by atoms with E-state index in [0.717, 1.165) is 76.1 Å². The highest BCUT2D eigenvalue weighted by Crippen LogP contribution is 2.69. The number of pyridine rings is 2. The molecule has 10 atom stereocenters. The summed E-state index contributed by atoms with van der Waals surface area (Å²) >= 11 is 0. The molecule has 4 aromatic heterocycles. The number of hydrogen-bond donors (Lipinski definition) is 0. The summed E-state index contributed by atoms with van der Waals surface area (Å²) < 4.78 is 14.0. The molecule has 10 nitrogen and oxygen atoms in total. The summed E-state index contributed by atoms with van der Waals surface area (Å²) in [7, 11) is 0. The van der Waals surface area contributed by atoms with Crippen molar-refractivity contribution in [3.63, 3.8) is 0 Å². The van der Waals surface area contributed by atoms with Crippen molar-refractivity contribution in [1.29, 1.82) is 0 Å². The molecule has 0 aliphatic heterocycles. The third-order valence-electron chi connectivity index (χ3n) is 18.7. The lowest BCUT2D eigenvalue weighted by Gasteiger charge is -2.57. The molecule has 4 heterocycles. The molecule has 0 saturated heterocycles. The predicted molar refractivity (Wildman–Crippen MR) is 259 cm³/mol. The lowest BCUT2D eigenvalue weighted by molar-refractivity contribution is -0.00399. The van der Waals surface area contributed by atoms with Gasteiger partial charge in [-0.05, 0) is 193 Å². The van der Waals surface area contributed by atoms with E-state index in [2.05, 4.69) is 121 Å². The molecule has 0 spiro atoms. The Balaban J connectivity index is 0.000000146. The number of aromatic nitrogens is 8. The minimum Gasteiger partial charge on any atom is -0.498 e. The minimum atomic E-state index is 0.144. The second-order valence-corrected chi connectivity index (χ2v) is 21.6. The van der Waals surface area contributed by atoms with Crippen LogP contribution in [0.1, 0.15) is 130 Å². The van der Waals surface area contributed by atoms with Gasteiger partial charge in [-0.15, -0.1) is 5.10 Å². The first-order chi connectivity index (χ1) is 32.1. The van der Waals surface area contributed by atoms with Crippen molar-refractivity contribution in [1.82, 2.24) is 40.0 Å². The van der Waals surface area contributed by atoms with Crippen LogP contribution in [0.25, 0.3) is 22.5 Å². The van der Waals surface area contributed by atoms with Gasteiger partial charge in [0, 0.05) is 43.3 Å². The predicted octanol–water partition coefficient (Wildman–Crippen LogP) is 12.3. The van der Waals surface area contributed by atoms with Crippen molar-refractivity contribution in [3.8, 4) is 0 Å². The molecule has 4 aromatic rings. The average Bonchev–Trinajstić information content (AvgIpc) is 4.17. The maximum atomic E-state index is 5.99. The second kappa shape index (κ2) is 16.7. The lowest BCUT2D eigenvalue weighted by Crippen LogP contribution is -2.49. The van der Waals surface area contributed by atoms with Crippen LogP contribution in [0.2, 0.25) is 0 Å². The highest BCUT2D eigenvalue weighted by molar-refractivity contribution is 5.74. The maximum Gasteiger partial charge on any atom is 0.0963 e. The molecule has 12 rings (SSSR count). The molecule has 8 aliphatic carbocycles. The van der Waals surface area contributed by atoms with E-state index in [0.29, 0.717) is 35.5 Å². The molecule has 66 heavy (non-hydrogen) atoms. The van der Waals surface area contributed by atoms with Gasteiger partial charge in [-0.3, -0.25) is 9.97 Å². The number of rotatable bonds is 8. The van der Waals surface area contributed by atoms with Gasteiger partial charge < -0.3 is 9.47 Å². The van der Waals surface area contributed by atoms with Crippen LogP contribution >= 0.6 is 0 Å². The van der Waals surface area contributed by atoms with Crippen LogP contribution in [-0.2, 0) is 9.47 Å². The third kappa shape index (κ3) is 6.85. The summed E-state index contributed by atoms with van der Waals surface area (Å²) in [5.74, 6) is 6.20. The molecule has 0 amide bonds. The van der Waals surface area contributed by atoms with Crippen LogP contribution in [0.15, 0.2) is 121 Å². The van der Waals surface area contributed by atoms with E-state index in [4.69, 9.17) is 9.47 Å². The van der Waals surface area contributed by atoms with Gasteiger partial charge in [0.25, 0.3) is 0 Å². The zero-order chi connectivity index (χ0) is 45.3. The van der Waals surface area contributed by atoms with Crippen molar-refractivity contribution in [2.45, 2.75) is 119 Å². The van der Waals surface area contributed by atoms with Crippen LogP contribution in [0.3, 0.4) is 0 Å². The van der Waals surface area contributed by atoms with Gasteiger partial charge in [-0.2, -0.15) is 15.0 Å². The first-order valence-electron chi connectivity index (χ1n) is 25.2. The molecule has 2 fully saturated rings. The molecule has 344 valence electrons. The molecule has 8 aliphatic rings. The third-order valence-corrected chi connectivity index (χ3v) is 18.7. The van der Waals surface area contributed by atoms with Crippen LogP contribution in [0.5, 0.6) is 0 Å². The number of fused-ring (bicyclic) bond motifs is 10. The van der Waals surface area contributed by atoms with Gasteiger partial charge in [-0.1, -0.05) is 57.2 Å². The van der Waals surface area contributed by atoms with Gasteiger partial charge in [0.2, 0.25) is 0 Å². The van der Waals surface area contributed by atoms with Crippen molar-refractivity contribution in [3.05, 3.63) is 132 Å². The van der Waals surface area contributed by atoms with Crippen LogP contribution < -0.4 is 0 Å². The van der Waals surface area contributed by atoms with E-state index in [-0.39, 0.29) is 21.7 Å². The Hall–Kier alpha value is -5.38.